The number of methoxy groups -OCH3 is 3. The molecule has 0 aromatic heterocycles. The van der Waals surface area contributed by atoms with Gasteiger partial charge in [0.1, 0.15) is 23.7 Å². The van der Waals surface area contributed by atoms with Crippen LogP contribution < -0.4 is 24.3 Å². The normalized spacial score (nSPS) is 17.7. The molecule has 0 bridgehead atoms. The van der Waals surface area contributed by atoms with Crippen molar-refractivity contribution in [2.24, 2.45) is 0 Å². The average molecular weight is 725 g/mol. The monoisotopic (exact) mass is 724 g/mol. The van der Waals surface area contributed by atoms with Crippen molar-refractivity contribution in [2.45, 2.75) is 50.5 Å². The third-order valence-electron chi connectivity index (χ3n) is 7.33. The van der Waals surface area contributed by atoms with E-state index in [9.17, 15) is 24.9 Å². The lowest BCUT2D eigenvalue weighted by Crippen LogP contribution is -2.55. The van der Waals surface area contributed by atoms with Gasteiger partial charge in [0.25, 0.3) is 0 Å². The molecule has 0 heterocycles. The summed E-state index contributed by atoms with van der Waals surface area (Å²) < 4.78 is 23.4. The van der Waals surface area contributed by atoms with Crippen molar-refractivity contribution < 1.29 is 43.9 Å². The van der Waals surface area contributed by atoms with Crippen LogP contribution in [0.25, 0.3) is 0 Å². The Hall–Kier alpha value is -3.33. The van der Waals surface area contributed by atoms with E-state index in [1.165, 1.54) is 7.11 Å². The predicted molar refractivity (Wildman–Crippen MR) is 173 cm³/mol. The van der Waals surface area contributed by atoms with Crippen LogP contribution in [0.1, 0.15) is 30.4 Å². The van der Waals surface area contributed by atoms with Crippen LogP contribution in [0.2, 0.25) is 0 Å². The minimum Gasteiger partial charge on any atom is -0.497 e. The van der Waals surface area contributed by atoms with E-state index in [-0.39, 0.29) is 45.1 Å². The summed E-state index contributed by atoms with van der Waals surface area (Å²) in [5.74, 6) is 1.29. The fourth-order valence-electron chi connectivity index (χ4n) is 5.06. The Morgan fingerprint density at radius 1 is 1.11 bits per heavy atom. The van der Waals surface area contributed by atoms with Crippen LogP contribution in [0.4, 0.5) is 0 Å². The molecular weight excluding hydrogens is 683 g/mol. The van der Waals surface area contributed by atoms with E-state index in [1.807, 2.05) is 6.07 Å². The topological polar surface area (TPSA) is 147 Å². The quantitative estimate of drug-likeness (QED) is 0.152. The predicted octanol–water partition coefficient (Wildman–Crippen LogP) is 2.76. The lowest BCUT2D eigenvalue weighted by Gasteiger charge is -2.41. The van der Waals surface area contributed by atoms with Gasteiger partial charge in [0.05, 0.1) is 44.2 Å². The maximum absolute atomic E-state index is 13.7. The molecule has 3 unspecified atom stereocenters. The van der Waals surface area contributed by atoms with E-state index in [0.717, 1.165) is 5.56 Å². The summed E-state index contributed by atoms with van der Waals surface area (Å²) in [7, 11) is 4.60. The number of rotatable bonds is 16. The first-order chi connectivity index (χ1) is 21.2. The average Bonchev–Trinajstić information content (AvgIpc) is 3.04. The van der Waals surface area contributed by atoms with Crippen molar-refractivity contribution in [3.8, 4) is 23.0 Å². The summed E-state index contributed by atoms with van der Waals surface area (Å²) in [6.07, 6.45) is 1.99. The minimum absolute atomic E-state index is 0.0425. The number of benzene rings is 2. The first-order valence-corrected chi connectivity index (χ1v) is 15.3. The molecule has 3 rings (SSSR count). The molecule has 1 aliphatic rings. The number of halogens is 1. The van der Waals surface area contributed by atoms with Crippen molar-refractivity contribution in [3.05, 3.63) is 69.3 Å². The largest absolute Gasteiger partial charge is 0.497 e. The number of ether oxygens (including phenoxy) is 4. The number of amides is 2. The summed E-state index contributed by atoms with van der Waals surface area (Å²) >= 11 is 2.05. The van der Waals surface area contributed by atoms with E-state index >= 15 is 0 Å². The minimum atomic E-state index is -1.22. The molecule has 240 valence electrons. The smallest absolute Gasteiger partial charge is 0.247 e. The van der Waals surface area contributed by atoms with E-state index < -0.39 is 24.2 Å². The number of carbonyl (C=O) groups is 2. The molecule has 1 aliphatic carbocycles. The molecule has 12 heteroatoms. The van der Waals surface area contributed by atoms with Gasteiger partial charge in [-0.15, -0.1) is 6.58 Å². The van der Waals surface area contributed by atoms with E-state index in [2.05, 4.69) is 34.5 Å². The number of nitrogens with one attached hydrogen (secondary N) is 1. The van der Waals surface area contributed by atoms with Crippen LogP contribution >= 0.6 is 22.6 Å². The Labute approximate surface area is 271 Å². The van der Waals surface area contributed by atoms with E-state index in [4.69, 9.17) is 18.9 Å². The van der Waals surface area contributed by atoms with Gasteiger partial charge < -0.3 is 44.5 Å². The lowest BCUT2D eigenvalue weighted by molar-refractivity contribution is -0.138. The van der Waals surface area contributed by atoms with E-state index in [1.54, 1.807) is 55.5 Å². The standard InChI is InChI=1S/C32H41IN2O9/c1-5-6-7-29(38)35(12-10-21-16-23(41-2)8-9-26(21)42-3)25-17-22(32(40)34-11-13-36)18-27(30(25)39)44-31-24(33)14-20(19-37)15-28(31)43-4/h5,8-9,14-16,18,25,27,30,36-37,39H,1,6-7,10-13,17,19H2,2-4H3,(H,34,40). The van der Waals surface area contributed by atoms with Gasteiger partial charge >= 0.3 is 0 Å². The third kappa shape index (κ3) is 8.87. The van der Waals surface area contributed by atoms with Gasteiger partial charge in [-0.05, 0) is 83.0 Å². The maximum atomic E-state index is 13.7. The number of aliphatic hydroxyl groups is 3. The first-order valence-electron chi connectivity index (χ1n) is 14.2. The molecule has 2 amide bonds. The number of hydrogen-bond donors (Lipinski definition) is 4. The summed E-state index contributed by atoms with van der Waals surface area (Å²) in [5.41, 5.74) is 1.73. The molecule has 0 spiro atoms. The number of carbonyl (C=O) groups excluding carboxylic acids is 2. The fraction of sp³-hybridized carbons (Fsp3) is 0.438. The molecule has 44 heavy (non-hydrogen) atoms. The van der Waals surface area contributed by atoms with Crippen LogP contribution in [0.15, 0.2) is 54.6 Å². The Morgan fingerprint density at radius 2 is 1.86 bits per heavy atom. The van der Waals surface area contributed by atoms with Gasteiger partial charge in [0, 0.05) is 31.5 Å². The van der Waals surface area contributed by atoms with Gasteiger partial charge in [-0.1, -0.05) is 6.08 Å². The van der Waals surface area contributed by atoms with Gasteiger partial charge in [-0.3, -0.25) is 9.59 Å². The van der Waals surface area contributed by atoms with Gasteiger partial charge in [0.15, 0.2) is 11.5 Å². The summed E-state index contributed by atoms with van der Waals surface area (Å²) in [6.45, 7) is 3.55. The Kier molecular flexibility index (Phi) is 13.8. The third-order valence-corrected chi connectivity index (χ3v) is 8.13. The molecule has 0 saturated carbocycles. The van der Waals surface area contributed by atoms with Crippen molar-refractivity contribution in [2.75, 3.05) is 41.0 Å². The number of hydrogen-bond acceptors (Lipinski definition) is 9. The highest BCUT2D eigenvalue weighted by atomic mass is 127. The van der Waals surface area contributed by atoms with Gasteiger partial charge in [-0.2, -0.15) is 0 Å². The van der Waals surface area contributed by atoms with Crippen molar-refractivity contribution in [3.63, 3.8) is 0 Å². The molecule has 0 saturated heterocycles. The van der Waals surface area contributed by atoms with Crippen LogP contribution in [0.5, 0.6) is 23.0 Å². The molecule has 0 fully saturated rings. The molecule has 11 nitrogen and oxygen atoms in total. The Bertz CT molecular complexity index is 1330. The van der Waals surface area contributed by atoms with Crippen LogP contribution in [0, 0.1) is 3.57 Å². The Balaban J connectivity index is 2.03. The second-order valence-electron chi connectivity index (χ2n) is 10.1. The molecule has 4 N–H and O–H groups in total. The number of aliphatic hydroxyl groups excluding tert-OH is 3. The van der Waals surface area contributed by atoms with Crippen LogP contribution in [-0.4, -0.2) is 91.3 Å². The van der Waals surface area contributed by atoms with Crippen LogP contribution in [-0.2, 0) is 22.6 Å². The van der Waals surface area contributed by atoms with Crippen molar-refractivity contribution in [1.82, 2.24) is 10.2 Å². The van der Waals surface area contributed by atoms with Gasteiger partial charge in [0.2, 0.25) is 11.8 Å². The van der Waals surface area contributed by atoms with E-state index in [0.29, 0.717) is 50.5 Å². The zero-order chi connectivity index (χ0) is 32.2. The second-order valence-corrected chi connectivity index (χ2v) is 11.3. The summed E-state index contributed by atoms with van der Waals surface area (Å²) in [6, 6.07) is 7.96. The second kappa shape index (κ2) is 17.2. The molecule has 2 aromatic carbocycles. The van der Waals surface area contributed by atoms with Crippen molar-refractivity contribution >= 4 is 34.4 Å². The number of nitrogens with zero attached hydrogens (tertiary/aromatic N) is 1. The summed E-state index contributed by atoms with van der Waals surface area (Å²) in [4.78, 5) is 28.4. The first kappa shape index (κ1) is 35.2. The lowest BCUT2D eigenvalue weighted by atomic mass is 9.87. The zero-order valence-corrected chi connectivity index (χ0v) is 27.4. The highest BCUT2D eigenvalue weighted by Crippen LogP contribution is 2.37. The highest BCUT2D eigenvalue weighted by Gasteiger charge is 2.40. The molecule has 0 aliphatic heterocycles. The van der Waals surface area contributed by atoms with Gasteiger partial charge in [-0.25, -0.2) is 0 Å². The molecule has 0 radical (unpaired) electrons. The Morgan fingerprint density at radius 3 is 2.50 bits per heavy atom. The maximum Gasteiger partial charge on any atom is 0.247 e. The fourth-order valence-corrected chi connectivity index (χ4v) is 5.85. The molecule has 3 atom stereocenters. The zero-order valence-electron chi connectivity index (χ0n) is 25.3. The molecule has 2 aromatic rings. The SMILES string of the molecule is C=CCCC(=O)N(CCc1cc(OC)ccc1OC)C1CC(C(=O)NCCO)=CC(Oc2c(I)cc(CO)cc2OC)C1O. The summed E-state index contributed by atoms with van der Waals surface area (Å²) in [5, 5.41) is 33.3. The number of allylic oxidation sites excluding steroid dienone is 1. The van der Waals surface area contributed by atoms with Crippen molar-refractivity contribution in [1.29, 1.82) is 0 Å². The molecular formula is C32H41IN2O9. The van der Waals surface area contributed by atoms with Crippen LogP contribution in [0.3, 0.4) is 0 Å². The highest BCUT2D eigenvalue weighted by molar-refractivity contribution is 14.1.